The molecule has 0 aromatic heterocycles. The third-order valence-electron chi connectivity index (χ3n) is 6.70. The highest BCUT2D eigenvalue weighted by molar-refractivity contribution is 8.26. The fourth-order valence-corrected chi connectivity index (χ4v) is 7.15. The number of carbonyl (C=O) groups is 2. The number of hydrazone groups is 1. The van der Waals surface area contributed by atoms with Crippen LogP contribution >= 0.6 is 11.8 Å². The third-order valence-corrected chi connectivity index (χ3v) is 9.63. The summed E-state index contributed by atoms with van der Waals surface area (Å²) in [5.74, 6) is -3.21. The number of benzene rings is 2. The number of nitrogens with zero attached hydrogens (tertiary/aromatic N) is 5. The third kappa shape index (κ3) is 9.33. The number of carboxylic acids is 1. The Morgan fingerprint density at radius 1 is 0.959 bits per heavy atom. The van der Waals surface area contributed by atoms with Gasteiger partial charge in [0.1, 0.15) is 17.5 Å². The largest absolute Gasteiger partial charge is 0.680 e. The molecule has 1 saturated heterocycles. The number of hydrogen-bond acceptors (Lipinski definition) is 11. The zero-order valence-electron chi connectivity index (χ0n) is 25.0. The maximum absolute atomic E-state index is 13.7. The van der Waals surface area contributed by atoms with Crippen LogP contribution < -0.4 is 14.8 Å². The number of ether oxygens (including phenoxy) is 2. The number of fused-ring (bicyclic) bond motifs is 1. The molecule has 3 heterocycles. The summed E-state index contributed by atoms with van der Waals surface area (Å²) in [5.41, 5.74) is 5.96. The number of sulfonamides is 1. The number of alkyl halides is 6. The zero-order valence-corrected chi connectivity index (χ0v) is 26.7. The predicted octanol–water partition coefficient (Wildman–Crippen LogP) is 3.80. The van der Waals surface area contributed by atoms with Crippen molar-refractivity contribution in [2.45, 2.75) is 30.2 Å². The summed E-state index contributed by atoms with van der Waals surface area (Å²) in [4.78, 5) is 30.6. The number of hydrogen-bond donors (Lipinski definition) is 2. The van der Waals surface area contributed by atoms with E-state index < -0.39 is 57.1 Å². The lowest BCUT2D eigenvalue weighted by Gasteiger charge is -2.39. The Morgan fingerprint density at radius 3 is 2.08 bits per heavy atom. The Balaban J connectivity index is 0.00000265. The summed E-state index contributed by atoms with van der Waals surface area (Å²) in [6.07, 6.45) is -8.56. The number of nitrogens with one attached hydrogen (secondary N) is 2. The van der Waals surface area contributed by atoms with Crippen molar-refractivity contribution in [1.82, 2.24) is 19.5 Å². The van der Waals surface area contributed by atoms with E-state index >= 15 is 0 Å². The second-order valence-electron chi connectivity index (χ2n) is 9.82. The molecule has 49 heavy (non-hydrogen) atoms. The Morgan fingerprint density at radius 2 is 1.53 bits per heavy atom. The van der Waals surface area contributed by atoms with E-state index in [0.717, 1.165) is 57.5 Å². The van der Waals surface area contributed by atoms with Crippen LogP contribution in [0.4, 0.5) is 26.3 Å². The molecule has 14 nitrogen and oxygen atoms in total. The van der Waals surface area contributed by atoms with Crippen LogP contribution in [-0.2, 0) is 26.2 Å². The molecule has 2 aromatic rings. The molecular formula is C27H26F6N7O7S2-. The van der Waals surface area contributed by atoms with Gasteiger partial charge in [-0.3, -0.25) is 9.79 Å². The Labute approximate surface area is 278 Å². The normalized spacial score (nSPS) is 18.3. The summed E-state index contributed by atoms with van der Waals surface area (Å²) in [6.45, 7) is -0.712. The van der Waals surface area contributed by atoms with E-state index in [4.69, 9.17) is 5.73 Å². The van der Waals surface area contributed by atoms with Gasteiger partial charge in [-0.15, -0.1) is 31.4 Å². The number of carbonyl (C=O) groups excluding carboxylic acids is 1. The van der Waals surface area contributed by atoms with Crippen LogP contribution in [0.3, 0.4) is 0 Å². The van der Waals surface area contributed by atoms with Gasteiger partial charge >= 0.3 is 18.7 Å². The summed E-state index contributed by atoms with van der Waals surface area (Å²) in [6, 6.07) is 6.58. The van der Waals surface area contributed by atoms with Gasteiger partial charge in [-0.2, -0.15) is 16.4 Å². The molecule has 3 aliphatic heterocycles. The molecule has 5 rings (SSSR count). The average Bonchev–Trinajstić information content (AvgIpc) is 3.48. The van der Waals surface area contributed by atoms with Crippen molar-refractivity contribution < 1.29 is 58.9 Å². The van der Waals surface area contributed by atoms with Crippen molar-refractivity contribution in [1.29, 1.82) is 0 Å². The lowest BCUT2D eigenvalue weighted by Crippen LogP contribution is -2.61. The van der Waals surface area contributed by atoms with E-state index in [-0.39, 0.29) is 48.8 Å². The van der Waals surface area contributed by atoms with Crippen LogP contribution in [-0.4, -0.2) is 102 Å². The minimum Gasteiger partial charge on any atom is -0.680 e. The van der Waals surface area contributed by atoms with Crippen molar-refractivity contribution in [2.24, 2.45) is 10.1 Å². The Kier molecular flexibility index (Phi) is 11.4. The van der Waals surface area contributed by atoms with Crippen molar-refractivity contribution >= 4 is 44.0 Å². The average molecular weight is 739 g/mol. The van der Waals surface area contributed by atoms with Gasteiger partial charge in [0.2, 0.25) is 15.9 Å². The van der Waals surface area contributed by atoms with E-state index in [9.17, 15) is 49.5 Å². The smallest absolute Gasteiger partial charge is 0.573 e. The number of aliphatic carboxylic acids is 1. The highest BCUT2D eigenvalue weighted by atomic mass is 32.2. The minimum atomic E-state index is -5.01. The number of rotatable bonds is 8. The summed E-state index contributed by atoms with van der Waals surface area (Å²) < 4.78 is 111. The number of aliphatic imine (C=N–C) groups is 1. The maximum Gasteiger partial charge on any atom is 0.573 e. The van der Waals surface area contributed by atoms with Gasteiger partial charge < -0.3 is 30.5 Å². The van der Waals surface area contributed by atoms with Crippen molar-refractivity contribution in [3.8, 4) is 11.5 Å². The number of carboxylic acid groups (broad SMARTS) is 1. The highest BCUT2D eigenvalue weighted by Crippen LogP contribution is 2.32. The van der Waals surface area contributed by atoms with Crippen LogP contribution in [0.1, 0.15) is 5.56 Å². The van der Waals surface area contributed by atoms with E-state index in [1.807, 2.05) is 0 Å². The zero-order chi connectivity index (χ0) is 36.1. The molecule has 1 atom stereocenters. The second kappa shape index (κ2) is 14.9. The monoisotopic (exact) mass is 738 g/mol. The fraction of sp³-hybridized carbons (Fsp3) is 0.333. The molecule has 0 spiro atoms. The van der Waals surface area contributed by atoms with Crippen molar-refractivity contribution in [3.63, 3.8) is 0 Å². The Hall–Kier alpha value is -4.54. The fourth-order valence-electron chi connectivity index (χ4n) is 4.64. The topological polar surface area (TPSA) is 177 Å². The predicted molar refractivity (Wildman–Crippen MR) is 162 cm³/mol. The quantitative estimate of drug-likeness (QED) is 0.379. The second-order valence-corrected chi connectivity index (χ2v) is 12.6. The number of amidine groups is 2. The maximum atomic E-state index is 13.7. The van der Waals surface area contributed by atoms with Gasteiger partial charge in [0.05, 0.1) is 11.4 Å². The first kappa shape index (κ1) is 37.3. The first-order valence-electron chi connectivity index (χ1n) is 13.8. The molecule has 1 fully saturated rings. The summed E-state index contributed by atoms with van der Waals surface area (Å²) in [7, 11) is -3.24. The van der Waals surface area contributed by atoms with Gasteiger partial charge in [0.25, 0.3) is 0 Å². The molecule has 2 aromatic carbocycles. The van der Waals surface area contributed by atoms with Gasteiger partial charge in [0, 0.05) is 26.2 Å². The molecule has 266 valence electrons. The molecule has 0 aliphatic carbocycles. The standard InChI is InChI=1S/C26H22F6N6O7S2.CH4N/c27-25(28,29)44-16-3-1-15(2-4-16)13-34-21(39)20-14-36(24-35-38-19(22(40)41)9-10-33-23(38)46-24)11-12-37(20)47(42,43)18-7-5-17(6-8-18)45-26(30,31)32;1-2/h1-9,20H,10-14H2,(H,34,39)(H,40,41);2H,1H3/q;-1/t20-;/m1./s1. The first-order valence-corrected chi connectivity index (χ1v) is 16.1. The van der Waals surface area contributed by atoms with Crippen LogP contribution in [0.25, 0.3) is 5.73 Å². The first-order chi connectivity index (χ1) is 23.0. The van der Waals surface area contributed by atoms with Gasteiger partial charge in [-0.1, -0.05) is 12.1 Å². The highest BCUT2D eigenvalue weighted by Gasteiger charge is 2.43. The van der Waals surface area contributed by atoms with Gasteiger partial charge in [0.15, 0.2) is 16.0 Å². The van der Waals surface area contributed by atoms with Crippen molar-refractivity contribution in [2.75, 3.05) is 33.2 Å². The van der Waals surface area contributed by atoms with E-state index in [0.29, 0.717) is 5.56 Å². The lowest BCUT2D eigenvalue weighted by atomic mass is 10.2. The van der Waals surface area contributed by atoms with Crippen LogP contribution in [0, 0.1) is 0 Å². The summed E-state index contributed by atoms with van der Waals surface area (Å²) in [5, 5.41) is 18.0. The number of halogens is 6. The van der Waals surface area contributed by atoms with E-state index in [1.54, 1.807) is 4.90 Å². The molecule has 3 aliphatic rings. The van der Waals surface area contributed by atoms with Crippen LogP contribution in [0.2, 0.25) is 0 Å². The molecule has 1 amide bonds. The SMILES string of the molecule is C[NH-].O=C(O)C1=CCN=C2SC(N3CCN(S(=O)(=O)c4ccc(OC(F)(F)F)cc4)[C@@H](C(=O)NCc4ccc(OC(F)(F)F)cc4)C3)=NN12. The molecule has 0 radical (unpaired) electrons. The summed E-state index contributed by atoms with van der Waals surface area (Å²) >= 11 is 1.01. The minimum absolute atomic E-state index is 0.0159. The van der Waals surface area contributed by atoms with E-state index in [2.05, 4.69) is 24.9 Å². The number of amides is 1. The van der Waals surface area contributed by atoms with Crippen LogP contribution in [0.15, 0.2) is 75.3 Å². The number of thioether (sulfide) groups is 1. The Bertz CT molecular complexity index is 1740. The van der Waals surface area contributed by atoms with Gasteiger partial charge in [-0.25, -0.2) is 13.2 Å². The van der Waals surface area contributed by atoms with E-state index in [1.165, 1.54) is 25.3 Å². The lowest BCUT2D eigenvalue weighted by molar-refractivity contribution is -0.275. The molecule has 0 bridgehead atoms. The molecular weight excluding hydrogens is 712 g/mol. The molecule has 3 N–H and O–H groups in total. The molecule has 22 heteroatoms. The van der Waals surface area contributed by atoms with Crippen LogP contribution in [0.5, 0.6) is 11.5 Å². The number of piperazine rings is 1. The molecule has 0 unspecified atom stereocenters. The molecule has 0 saturated carbocycles. The van der Waals surface area contributed by atoms with Gasteiger partial charge in [-0.05, 0) is 59.8 Å². The van der Waals surface area contributed by atoms with Crippen molar-refractivity contribution in [3.05, 3.63) is 71.6 Å².